The zero-order chi connectivity index (χ0) is 21.2. The van der Waals surface area contributed by atoms with Gasteiger partial charge < -0.3 is 14.3 Å². The molecule has 5 nitrogen and oxygen atoms in total. The lowest BCUT2D eigenvalue weighted by atomic mass is 9.90. The van der Waals surface area contributed by atoms with Gasteiger partial charge in [0.25, 0.3) is 0 Å². The van der Waals surface area contributed by atoms with E-state index in [1.54, 1.807) is 13.8 Å². The lowest BCUT2D eigenvalue weighted by molar-refractivity contribution is -0.162. The zero-order valence-corrected chi connectivity index (χ0v) is 18.8. The molecule has 156 valence electrons. The fourth-order valence-electron chi connectivity index (χ4n) is 3.88. The van der Waals surface area contributed by atoms with Crippen molar-refractivity contribution in [1.82, 2.24) is 0 Å². The van der Waals surface area contributed by atoms with Crippen molar-refractivity contribution < 1.29 is 23.9 Å². The number of benzene rings is 1. The molecule has 0 fully saturated rings. The van der Waals surface area contributed by atoms with Gasteiger partial charge >= 0.3 is 11.9 Å². The minimum absolute atomic E-state index is 0.176. The van der Waals surface area contributed by atoms with Crippen LogP contribution in [0.15, 0.2) is 30.3 Å². The van der Waals surface area contributed by atoms with Crippen molar-refractivity contribution in [2.24, 2.45) is 11.8 Å². The van der Waals surface area contributed by atoms with Crippen LogP contribution in [0.3, 0.4) is 0 Å². The highest BCUT2D eigenvalue weighted by Crippen LogP contribution is 2.40. The molecular weight excluding hydrogens is 372 g/mol. The first-order valence-corrected chi connectivity index (χ1v) is 13.3. The van der Waals surface area contributed by atoms with Crippen molar-refractivity contribution in [1.29, 1.82) is 0 Å². The van der Waals surface area contributed by atoms with Gasteiger partial charge in [0.1, 0.15) is 6.29 Å². The van der Waals surface area contributed by atoms with Gasteiger partial charge in [-0.1, -0.05) is 68.4 Å². The van der Waals surface area contributed by atoms with E-state index >= 15 is 0 Å². The van der Waals surface area contributed by atoms with E-state index < -0.39 is 37.4 Å². The Kier molecular flexibility index (Phi) is 10.1. The molecule has 0 aliphatic carbocycles. The number of esters is 2. The summed E-state index contributed by atoms with van der Waals surface area (Å²) in [6.45, 7) is 10.1. The molecule has 2 atom stereocenters. The van der Waals surface area contributed by atoms with Gasteiger partial charge in [0.05, 0.1) is 21.3 Å². The average molecular weight is 407 g/mol. The number of carbonyl (C=O) groups is 3. The molecule has 28 heavy (non-hydrogen) atoms. The van der Waals surface area contributed by atoms with Crippen molar-refractivity contribution >= 4 is 31.5 Å². The van der Waals surface area contributed by atoms with E-state index in [2.05, 4.69) is 20.0 Å². The summed E-state index contributed by atoms with van der Waals surface area (Å²) in [6, 6.07) is 9.88. The van der Waals surface area contributed by atoms with Gasteiger partial charge in [-0.2, -0.15) is 0 Å². The minimum Gasteiger partial charge on any atom is -0.465 e. The van der Waals surface area contributed by atoms with Crippen molar-refractivity contribution in [3.05, 3.63) is 30.3 Å². The molecule has 1 aromatic rings. The SMILES string of the molecule is CCCC[C@@H](C=O)[C@H](C(C(=O)OCC)C(=O)OCC)[Si](C)(C)c1ccccc1. The summed E-state index contributed by atoms with van der Waals surface area (Å²) in [5.74, 6) is -2.67. The predicted molar refractivity (Wildman–Crippen MR) is 113 cm³/mol. The third-order valence-electron chi connectivity index (χ3n) is 5.32. The molecule has 0 amide bonds. The summed E-state index contributed by atoms with van der Waals surface area (Å²) in [6.07, 6.45) is 3.36. The Labute approximate surface area is 169 Å². The highest BCUT2D eigenvalue weighted by atomic mass is 28.3. The number of carbonyl (C=O) groups excluding carboxylic acids is 3. The summed E-state index contributed by atoms with van der Waals surface area (Å²) in [5, 5.41) is 1.10. The maximum absolute atomic E-state index is 12.9. The smallest absolute Gasteiger partial charge is 0.320 e. The van der Waals surface area contributed by atoms with E-state index in [0.717, 1.165) is 24.3 Å². The molecule has 0 saturated carbocycles. The normalized spacial score (nSPS) is 13.6. The topological polar surface area (TPSA) is 69.7 Å². The summed E-state index contributed by atoms with van der Waals surface area (Å²) in [4.78, 5) is 37.8. The van der Waals surface area contributed by atoms with Crippen LogP contribution >= 0.6 is 0 Å². The van der Waals surface area contributed by atoms with Crippen LogP contribution < -0.4 is 5.19 Å². The maximum atomic E-state index is 12.9. The lowest BCUT2D eigenvalue weighted by Crippen LogP contribution is -2.54. The number of rotatable bonds is 12. The predicted octanol–water partition coefficient (Wildman–Crippen LogP) is 3.72. The fourth-order valence-corrected chi connectivity index (χ4v) is 7.74. The first-order chi connectivity index (χ1) is 13.3. The Balaban J connectivity index is 3.53. The second kappa shape index (κ2) is 11.8. The van der Waals surface area contributed by atoms with Crippen molar-refractivity contribution in [2.45, 2.75) is 58.7 Å². The van der Waals surface area contributed by atoms with Crippen LogP contribution in [0.25, 0.3) is 0 Å². The van der Waals surface area contributed by atoms with E-state index in [1.165, 1.54) is 0 Å². The van der Waals surface area contributed by atoms with Crippen LogP contribution in [0.2, 0.25) is 18.6 Å². The Morgan fingerprint density at radius 2 is 1.54 bits per heavy atom. The molecule has 6 heteroatoms. The van der Waals surface area contributed by atoms with Gasteiger partial charge in [0.15, 0.2) is 5.92 Å². The van der Waals surface area contributed by atoms with E-state index in [0.29, 0.717) is 6.42 Å². The van der Waals surface area contributed by atoms with Gasteiger partial charge in [0, 0.05) is 5.92 Å². The number of hydrogen-bond acceptors (Lipinski definition) is 5. The molecule has 1 rings (SSSR count). The summed E-state index contributed by atoms with van der Waals surface area (Å²) < 4.78 is 10.5. The molecule has 0 heterocycles. The molecule has 0 bridgehead atoms. The Hall–Kier alpha value is -1.95. The molecule has 0 saturated heterocycles. The Morgan fingerprint density at radius 1 is 1.00 bits per heavy atom. The Bertz CT molecular complexity index is 611. The molecule has 0 aliphatic rings. The molecule has 1 aromatic carbocycles. The second-order valence-electron chi connectivity index (χ2n) is 7.54. The van der Waals surface area contributed by atoms with Gasteiger partial charge in [-0.3, -0.25) is 9.59 Å². The Morgan fingerprint density at radius 3 is 1.96 bits per heavy atom. The standard InChI is InChI=1S/C22H34O5Si/c1-6-9-13-17(16-23)20(28(4,5)18-14-11-10-12-15-18)19(21(24)26-7-2)22(25)27-8-3/h10-12,14-17,19-20H,6-9,13H2,1-5H3/t17-,20+/m0/s1. The van der Waals surface area contributed by atoms with E-state index in [4.69, 9.17) is 9.47 Å². The van der Waals surface area contributed by atoms with Crippen LogP contribution in [0, 0.1) is 11.8 Å². The molecule has 0 unspecified atom stereocenters. The molecule has 0 aliphatic heterocycles. The third-order valence-corrected chi connectivity index (χ3v) is 9.57. The van der Waals surface area contributed by atoms with Crippen LogP contribution in [0.4, 0.5) is 0 Å². The summed E-state index contributed by atoms with van der Waals surface area (Å²) in [5.41, 5.74) is -0.433. The number of hydrogen-bond donors (Lipinski definition) is 0. The van der Waals surface area contributed by atoms with Crippen LogP contribution in [-0.4, -0.2) is 39.5 Å². The second-order valence-corrected chi connectivity index (χ2v) is 12.2. The number of unbranched alkanes of at least 4 members (excludes halogenated alkanes) is 1. The average Bonchev–Trinajstić information content (AvgIpc) is 2.68. The van der Waals surface area contributed by atoms with E-state index in [-0.39, 0.29) is 13.2 Å². The van der Waals surface area contributed by atoms with E-state index in [9.17, 15) is 14.4 Å². The van der Waals surface area contributed by atoms with Crippen LogP contribution in [0.5, 0.6) is 0 Å². The molecular formula is C22H34O5Si. The summed E-state index contributed by atoms with van der Waals surface area (Å²) >= 11 is 0. The zero-order valence-electron chi connectivity index (χ0n) is 17.8. The summed E-state index contributed by atoms with van der Waals surface area (Å²) in [7, 11) is -2.42. The third kappa shape index (κ3) is 6.02. The largest absolute Gasteiger partial charge is 0.465 e. The fraction of sp³-hybridized carbons (Fsp3) is 0.591. The van der Waals surface area contributed by atoms with Gasteiger partial charge in [-0.25, -0.2) is 0 Å². The molecule has 0 N–H and O–H groups in total. The maximum Gasteiger partial charge on any atom is 0.320 e. The highest BCUT2D eigenvalue weighted by Gasteiger charge is 2.50. The van der Waals surface area contributed by atoms with Crippen LogP contribution in [0.1, 0.15) is 40.0 Å². The van der Waals surface area contributed by atoms with Crippen molar-refractivity contribution in [3.8, 4) is 0 Å². The van der Waals surface area contributed by atoms with Gasteiger partial charge in [0.2, 0.25) is 0 Å². The lowest BCUT2D eigenvalue weighted by Gasteiger charge is -2.39. The van der Waals surface area contributed by atoms with Gasteiger partial charge in [-0.15, -0.1) is 0 Å². The highest BCUT2D eigenvalue weighted by molar-refractivity contribution is 6.91. The van der Waals surface area contributed by atoms with E-state index in [1.807, 2.05) is 30.3 Å². The molecule has 0 aromatic heterocycles. The van der Waals surface area contributed by atoms with Crippen molar-refractivity contribution in [2.75, 3.05) is 13.2 Å². The first-order valence-electron chi connectivity index (χ1n) is 10.2. The van der Waals surface area contributed by atoms with Crippen LogP contribution in [-0.2, 0) is 23.9 Å². The minimum atomic E-state index is -2.42. The number of aldehydes is 1. The number of ether oxygens (including phenoxy) is 2. The first kappa shape index (κ1) is 24.1. The van der Waals surface area contributed by atoms with Gasteiger partial charge in [-0.05, 0) is 25.8 Å². The van der Waals surface area contributed by atoms with Crippen molar-refractivity contribution in [3.63, 3.8) is 0 Å². The molecule has 0 radical (unpaired) electrons. The molecule has 0 spiro atoms. The monoisotopic (exact) mass is 406 g/mol. The quantitative estimate of drug-likeness (QED) is 0.229.